The Morgan fingerprint density at radius 1 is 1.08 bits per heavy atom. The van der Waals surface area contributed by atoms with Crippen LogP contribution in [-0.4, -0.2) is 47.9 Å². The predicted molar refractivity (Wildman–Crippen MR) is 105 cm³/mol. The summed E-state index contributed by atoms with van der Waals surface area (Å²) in [6.07, 6.45) is 8.14. The molecule has 1 amide bonds. The van der Waals surface area contributed by atoms with Gasteiger partial charge in [-0.25, -0.2) is 0 Å². The normalized spacial score (nSPS) is 20.3. The topological polar surface area (TPSA) is 23.6 Å². The average molecular weight is 338 g/mol. The zero-order valence-electron chi connectivity index (χ0n) is 15.8. The molecule has 1 unspecified atom stereocenters. The number of allylic oxidation sites excluding steroid dienone is 1. The third kappa shape index (κ3) is 3.87. The first-order valence-corrected chi connectivity index (χ1v) is 9.63. The number of benzene rings is 1. The van der Waals surface area contributed by atoms with Crippen LogP contribution in [0.5, 0.6) is 0 Å². The summed E-state index contributed by atoms with van der Waals surface area (Å²) in [4.78, 5) is 16.9. The summed E-state index contributed by atoms with van der Waals surface area (Å²) in [5.74, 6) is 0.128. The lowest BCUT2D eigenvalue weighted by atomic mass is 9.91. The first-order valence-electron chi connectivity index (χ1n) is 9.63. The largest absolute Gasteiger partial charge is 0.339 e. The van der Waals surface area contributed by atoms with Crippen molar-refractivity contribution in [3.8, 4) is 0 Å². The maximum absolute atomic E-state index is 12.4. The Morgan fingerprint density at radius 3 is 2.12 bits per heavy atom. The maximum Gasteiger partial charge on any atom is 0.253 e. The Kier molecular flexibility index (Phi) is 5.74. The Hall–Kier alpha value is -1.87. The van der Waals surface area contributed by atoms with Gasteiger partial charge in [-0.15, -0.1) is 0 Å². The fourth-order valence-electron chi connectivity index (χ4n) is 3.79. The van der Waals surface area contributed by atoms with E-state index >= 15 is 0 Å². The van der Waals surface area contributed by atoms with Gasteiger partial charge in [-0.05, 0) is 63.3 Å². The lowest BCUT2D eigenvalue weighted by Gasteiger charge is -2.37. The summed E-state index contributed by atoms with van der Waals surface area (Å²) >= 11 is 0. The number of likely N-dealkylation sites (tertiary alicyclic amines) is 1. The van der Waals surface area contributed by atoms with Crippen LogP contribution >= 0.6 is 0 Å². The molecule has 3 nitrogen and oxygen atoms in total. The molecule has 0 aromatic heterocycles. The Labute approximate surface area is 152 Å². The van der Waals surface area contributed by atoms with Crippen molar-refractivity contribution in [2.75, 3.05) is 26.2 Å². The summed E-state index contributed by atoms with van der Waals surface area (Å²) in [7, 11) is 0. The summed E-state index contributed by atoms with van der Waals surface area (Å²) < 4.78 is 0. The molecule has 1 aliphatic heterocycles. The fraction of sp³-hybridized carbons (Fsp3) is 0.500. The molecular formula is C22H30N2O. The Bertz CT molecular complexity index is 658. The van der Waals surface area contributed by atoms with Gasteiger partial charge in [-0.3, -0.25) is 9.69 Å². The van der Waals surface area contributed by atoms with Crippen LogP contribution in [0, 0.1) is 0 Å². The molecule has 1 aromatic rings. The standard InChI is InChI=1S/C22H30N2O/c1-4-23(5-2)22(25)20-11-9-18(10-12-20)17(3)19-13-15-24(16-14-19)21-7-6-8-21/h6-7,9-12,21H,4-5,8,13-16H2,1-3H3. The van der Waals surface area contributed by atoms with Crippen molar-refractivity contribution in [2.24, 2.45) is 0 Å². The van der Waals surface area contributed by atoms with Crippen LogP contribution in [0.3, 0.4) is 0 Å². The molecule has 0 N–H and O–H groups in total. The van der Waals surface area contributed by atoms with Crippen molar-refractivity contribution in [3.05, 3.63) is 53.1 Å². The Balaban J connectivity index is 1.67. The van der Waals surface area contributed by atoms with E-state index in [4.69, 9.17) is 0 Å². The van der Waals surface area contributed by atoms with Crippen LogP contribution in [0.1, 0.15) is 56.0 Å². The minimum absolute atomic E-state index is 0.128. The first kappa shape index (κ1) is 17.9. The van der Waals surface area contributed by atoms with E-state index < -0.39 is 0 Å². The lowest BCUT2D eigenvalue weighted by Crippen LogP contribution is -2.40. The number of hydrogen-bond donors (Lipinski definition) is 0. The molecule has 1 saturated heterocycles. The van der Waals surface area contributed by atoms with Crippen molar-refractivity contribution >= 4 is 11.5 Å². The molecule has 25 heavy (non-hydrogen) atoms. The molecule has 134 valence electrons. The smallest absolute Gasteiger partial charge is 0.253 e. The van der Waals surface area contributed by atoms with E-state index in [1.807, 2.05) is 30.9 Å². The lowest BCUT2D eigenvalue weighted by molar-refractivity contribution is 0.0773. The number of carbonyl (C=O) groups excluding carboxylic acids is 1. The highest BCUT2D eigenvalue weighted by Gasteiger charge is 2.23. The van der Waals surface area contributed by atoms with E-state index in [2.05, 4.69) is 36.1 Å². The Morgan fingerprint density at radius 2 is 1.64 bits per heavy atom. The van der Waals surface area contributed by atoms with E-state index in [0.29, 0.717) is 6.04 Å². The van der Waals surface area contributed by atoms with Gasteiger partial charge in [0.15, 0.2) is 0 Å². The van der Waals surface area contributed by atoms with Crippen molar-refractivity contribution in [1.82, 2.24) is 9.80 Å². The first-order chi connectivity index (χ1) is 12.1. The SMILES string of the molecule is CCN(CC)C(=O)c1ccc(C(C)=C2CCN(C3C=CC3)CC2)cc1. The van der Waals surface area contributed by atoms with Gasteiger partial charge >= 0.3 is 0 Å². The van der Waals surface area contributed by atoms with Gasteiger partial charge in [-0.2, -0.15) is 0 Å². The van der Waals surface area contributed by atoms with Gasteiger partial charge in [0.1, 0.15) is 0 Å². The number of nitrogens with zero attached hydrogens (tertiary/aromatic N) is 2. The number of hydrogen-bond acceptors (Lipinski definition) is 2. The summed E-state index contributed by atoms with van der Waals surface area (Å²) in [6.45, 7) is 10.1. The molecule has 1 atom stereocenters. The highest BCUT2D eigenvalue weighted by Crippen LogP contribution is 2.29. The molecule has 1 aromatic carbocycles. The second kappa shape index (κ2) is 8.01. The molecule has 3 rings (SSSR count). The molecular weight excluding hydrogens is 308 g/mol. The molecule has 2 aliphatic rings. The van der Waals surface area contributed by atoms with Crippen LogP contribution in [0.2, 0.25) is 0 Å². The molecule has 0 radical (unpaired) electrons. The van der Waals surface area contributed by atoms with Crippen LogP contribution in [0.4, 0.5) is 0 Å². The van der Waals surface area contributed by atoms with E-state index in [1.165, 1.54) is 30.6 Å². The summed E-state index contributed by atoms with van der Waals surface area (Å²) in [6, 6.07) is 8.87. The van der Waals surface area contributed by atoms with E-state index in [1.54, 1.807) is 5.57 Å². The zero-order chi connectivity index (χ0) is 17.8. The predicted octanol–water partition coefficient (Wildman–Crippen LogP) is 4.37. The summed E-state index contributed by atoms with van der Waals surface area (Å²) in [5, 5.41) is 0. The van der Waals surface area contributed by atoms with Crippen molar-refractivity contribution in [3.63, 3.8) is 0 Å². The zero-order valence-corrected chi connectivity index (χ0v) is 15.8. The van der Waals surface area contributed by atoms with E-state index in [9.17, 15) is 4.79 Å². The van der Waals surface area contributed by atoms with Gasteiger partial charge in [0.05, 0.1) is 0 Å². The number of piperidine rings is 1. The molecule has 0 saturated carbocycles. The van der Waals surface area contributed by atoms with Gasteiger partial charge in [0.2, 0.25) is 0 Å². The molecule has 3 heteroatoms. The van der Waals surface area contributed by atoms with Crippen molar-refractivity contribution < 1.29 is 4.79 Å². The van der Waals surface area contributed by atoms with Crippen LogP contribution in [0.15, 0.2) is 42.0 Å². The average Bonchev–Trinajstić information content (AvgIpc) is 2.61. The maximum atomic E-state index is 12.4. The fourth-order valence-corrected chi connectivity index (χ4v) is 3.79. The van der Waals surface area contributed by atoms with Crippen LogP contribution in [-0.2, 0) is 0 Å². The summed E-state index contributed by atoms with van der Waals surface area (Å²) in [5.41, 5.74) is 5.01. The second-order valence-electron chi connectivity index (χ2n) is 7.05. The number of amides is 1. The number of carbonyl (C=O) groups is 1. The van der Waals surface area contributed by atoms with E-state index in [-0.39, 0.29) is 5.91 Å². The molecule has 1 aliphatic carbocycles. The van der Waals surface area contributed by atoms with Crippen molar-refractivity contribution in [2.45, 2.75) is 46.1 Å². The molecule has 1 heterocycles. The van der Waals surface area contributed by atoms with Crippen LogP contribution < -0.4 is 0 Å². The molecule has 1 fully saturated rings. The minimum atomic E-state index is 0.128. The quantitative estimate of drug-likeness (QED) is 0.745. The third-order valence-electron chi connectivity index (χ3n) is 5.75. The third-order valence-corrected chi connectivity index (χ3v) is 5.75. The highest BCUT2D eigenvalue weighted by molar-refractivity contribution is 5.94. The monoisotopic (exact) mass is 338 g/mol. The minimum Gasteiger partial charge on any atom is -0.339 e. The van der Waals surface area contributed by atoms with Gasteiger partial charge < -0.3 is 4.90 Å². The second-order valence-corrected chi connectivity index (χ2v) is 7.05. The molecule has 0 spiro atoms. The molecule has 0 bridgehead atoms. The highest BCUT2D eigenvalue weighted by atomic mass is 16.2. The number of rotatable bonds is 5. The van der Waals surface area contributed by atoms with E-state index in [0.717, 1.165) is 31.5 Å². The van der Waals surface area contributed by atoms with Gasteiger partial charge in [-0.1, -0.05) is 29.9 Å². The van der Waals surface area contributed by atoms with Gasteiger partial charge in [0, 0.05) is 37.8 Å². The van der Waals surface area contributed by atoms with Gasteiger partial charge in [0.25, 0.3) is 5.91 Å². The van der Waals surface area contributed by atoms with Crippen molar-refractivity contribution in [1.29, 1.82) is 0 Å². The van der Waals surface area contributed by atoms with Crippen LogP contribution in [0.25, 0.3) is 5.57 Å².